The van der Waals surface area contributed by atoms with Gasteiger partial charge in [0.15, 0.2) is 0 Å². The van der Waals surface area contributed by atoms with Gasteiger partial charge in [0.05, 0.1) is 0 Å². The topological polar surface area (TPSA) is 0 Å². The molecule has 0 saturated carbocycles. The lowest BCUT2D eigenvalue weighted by atomic mass is 10.0. The van der Waals surface area contributed by atoms with E-state index < -0.39 is 0 Å². The van der Waals surface area contributed by atoms with Crippen molar-refractivity contribution < 1.29 is 0 Å². The highest BCUT2D eigenvalue weighted by atomic mass is 14.0. The van der Waals surface area contributed by atoms with Crippen LogP contribution in [0.25, 0.3) is 0 Å². The van der Waals surface area contributed by atoms with Gasteiger partial charge in [0.25, 0.3) is 0 Å². The molecule has 0 aromatic carbocycles. The maximum absolute atomic E-state index is 2.23. The second-order valence-corrected chi connectivity index (χ2v) is 2.52. The minimum absolute atomic E-state index is 1.14. The summed E-state index contributed by atoms with van der Waals surface area (Å²) in [5.74, 6) is 0. The highest BCUT2D eigenvalue weighted by molar-refractivity contribution is 5.26. The monoisotopic (exact) mass is 164 g/mol. The van der Waals surface area contributed by atoms with Crippen LogP contribution in [0.1, 0.15) is 40.0 Å². The van der Waals surface area contributed by atoms with E-state index in [2.05, 4.69) is 37.3 Å². The zero-order valence-corrected chi connectivity index (χ0v) is 8.51. The number of hydrogen-bond acceptors (Lipinski definition) is 0. The highest BCUT2D eigenvalue weighted by Gasteiger charge is 1.92. The number of rotatable bonds is 2. The van der Waals surface area contributed by atoms with E-state index in [0.29, 0.717) is 0 Å². The molecule has 0 heterocycles. The fourth-order valence-corrected chi connectivity index (χ4v) is 1.03. The molecule has 0 spiro atoms. The van der Waals surface area contributed by atoms with Gasteiger partial charge in [-0.2, -0.15) is 0 Å². The summed E-state index contributed by atoms with van der Waals surface area (Å²) in [4.78, 5) is 0. The van der Waals surface area contributed by atoms with Crippen LogP contribution in [0.4, 0.5) is 0 Å². The fourth-order valence-electron chi connectivity index (χ4n) is 1.03. The quantitative estimate of drug-likeness (QED) is 0.572. The van der Waals surface area contributed by atoms with E-state index >= 15 is 0 Å². The Labute approximate surface area is 76.7 Å². The molecule has 0 radical (unpaired) electrons. The van der Waals surface area contributed by atoms with E-state index in [1.54, 1.807) is 0 Å². The largest absolute Gasteiger partial charge is 0.0845 e. The second kappa shape index (κ2) is 8.32. The third-order valence-corrected chi connectivity index (χ3v) is 1.61. The van der Waals surface area contributed by atoms with Crippen LogP contribution in [0.15, 0.2) is 36.0 Å². The minimum Gasteiger partial charge on any atom is -0.0845 e. The van der Waals surface area contributed by atoms with Gasteiger partial charge in [0.2, 0.25) is 0 Å². The number of allylic oxidation sites excluding steroid dienone is 6. The van der Waals surface area contributed by atoms with Gasteiger partial charge < -0.3 is 0 Å². The van der Waals surface area contributed by atoms with Crippen molar-refractivity contribution in [2.24, 2.45) is 0 Å². The van der Waals surface area contributed by atoms with E-state index in [1.165, 1.54) is 18.4 Å². The van der Waals surface area contributed by atoms with Gasteiger partial charge in [-0.15, -0.1) is 0 Å². The summed E-state index contributed by atoms with van der Waals surface area (Å²) in [5, 5.41) is 0. The van der Waals surface area contributed by atoms with Crippen LogP contribution < -0.4 is 0 Å². The maximum Gasteiger partial charge on any atom is -0.0244 e. The average molecular weight is 164 g/mol. The Kier molecular flexibility index (Phi) is 7.78. The Balaban J connectivity index is 0.000000561. The van der Waals surface area contributed by atoms with Gasteiger partial charge in [-0.3, -0.25) is 0 Å². The molecule has 1 aliphatic carbocycles. The van der Waals surface area contributed by atoms with E-state index in [1.807, 2.05) is 13.8 Å². The molecule has 0 aliphatic heterocycles. The van der Waals surface area contributed by atoms with E-state index in [4.69, 9.17) is 0 Å². The first-order valence-electron chi connectivity index (χ1n) is 4.95. The summed E-state index contributed by atoms with van der Waals surface area (Å²) in [5.41, 5.74) is 1.46. The average Bonchev–Trinajstić information content (AvgIpc) is 2.19. The second-order valence-electron chi connectivity index (χ2n) is 2.52. The van der Waals surface area contributed by atoms with Gasteiger partial charge in [-0.25, -0.2) is 0 Å². The molecule has 0 aromatic heterocycles. The van der Waals surface area contributed by atoms with Crippen molar-refractivity contribution in [3.63, 3.8) is 0 Å². The molecule has 0 heteroatoms. The van der Waals surface area contributed by atoms with Crippen molar-refractivity contribution in [1.82, 2.24) is 0 Å². The van der Waals surface area contributed by atoms with Gasteiger partial charge in [-0.05, 0) is 24.8 Å². The molecule has 12 heavy (non-hydrogen) atoms. The standard InChI is InChI=1S/C10H14.C2H6/c1-2-3-7-10-8-5-4-6-9-10;1-2/h3-5,7-8H,2,6,9H2,1H3;1-2H3/b7-3-;. The van der Waals surface area contributed by atoms with Crippen LogP contribution in [0.2, 0.25) is 0 Å². The summed E-state index contributed by atoms with van der Waals surface area (Å²) in [6.07, 6.45) is 14.5. The smallest absolute Gasteiger partial charge is 0.0244 e. The van der Waals surface area contributed by atoms with Crippen LogP contribution >= 0.6 is 0 Å². The van der Waals surface area contributed by atoms with Crippen LogP contribution in [-0.4, -0.2) is 0 Å². The summed E-state index contributed by atoms with van der Waals surface area (Å²) >= 11 is 0. The molecule has 0 atom stereocenters. The van der Waals surface area contributed by atoms with Crippen molar-refractivity contribution in [2.45, 2.75) is 40.0 Å². The van der Waals surface area contributed by atoms with Crippen LogP contribution in [-0.2, 0) is 0 Å². The summed E-state index contributed by atoms with van der Waals surface area (Å²) in [6.45, 7) is 6.16. The molecule has 0 fully saturated rings. The molecule has 0 N–H and O–H groups in total. The lowest BCUT2D eigenvalue weighted by Gasteiger charge is -2.01. The molecule has 1 aliphatic rings. The summed E-state index contributed by atoms with van der Waals surface area (Å²) in [6, 6.07) is 0. The Morgan fingerprint density at radius 1 is 1.42 bits per heavy atom. The molecule has 0 saturated heterocycles. The third kappa shape index (κ3) is 4.95. The third-order valence-electron chi connectivity index (χ3n) is 1.61. The molecule has 0 unspecified atom stereocenters. The van der Waals surface area contributed by atoms with Crippen LogP contribution in [0.3, 0.4) is 0 Å². The molecule has 1 rings (SSSR count). The molecule has 0 amide bonds. The minimum atomic E-state index is 1.14. The lowest BCUT2D eigenvalue weighted by Crippen LogP contribution is -1.81. The zero-order valence-electron chi connectivity index (χ0n) is 8.51. The maximum atomic E-state index is 2.23. The van der Waals surface area contributed by atoms with Gasteiger partial charge in [-0.1, -0.05) is 51.2 Å². The Morgan fingerprint density at radius 3 is 2.67 bits per heavy atom. The molecule has 0 bridgehead atoms. The SMILES string of the molecule is CC.CC/C=C\C1=CC=CCC1. The fraction of sp³-hybridized carbons (Fsp3) is 0.500. The van der Waals surface area contributed by atoms with Crippen LogP contribution in [0.5, 0.6) is 0 Å². The molecule has 0 aromatic rings. The van der Waals surface area contributed by atoms with E-state index in [0.717, 1.165) is 6.42 Å². The Morgan fingerprint density at radius 2 is 2.17 bits per heavy atom. The molecular weight excluding hydrogens is 144 g/mol. The first-order chi connectivity index (χ1) is 5.93. The van der Waals surface area contributed by atoms with Gasteiger partial charge in [0.1, 0.15) is 0 Å². The van der Waals surface area contributed by atoms with Crippen molar-refractivity contribution in [2.75, 3.05) is 0 Å². The van der Waals surface area contributed by atoms with Gasteiger partial charge in [0, 0.05) is 0 Å². The normalized spacial score (nSPS) is 15.4. The predicted molar refractivity (Wildman–Crippen MR) is 57.2 cm³/mol. The predicted octanol–water partition coefficient (Wildman–Crippen LogP) is 4.26. The lowest BCUT2D eigenvalue weighted by molar-refractivity contribution is 0.987. The van der Waals surface area contributed by atoms with E-state index in [9.17, 15) is 0 Å². The van der Waals surface area contributed by atoms with Gasteiger partial charge >= 0.3 is 0 Å². The van der Waals surface area contributed by atoms with Crippen molar-refractivity contribution in [1.29, 1.82) is 0 Å². The summed E-state index contributed by atoms with van der Waals surface area (Å²) < 4.78 is 0. The van der Waals surface area contributed by atoms with Crippen LogP contribution in [0, 0.1) is 0 Å². The highest BCUT2D eigenvalue weighted by Crippen LogP contribution is 2.12. The number of hydrogen-bond donors (Lipinski definition) is 0. The zero-order chi connectivity index (χ0) is 9.23. The molecule has 68 valence electrons. The van der Waals surface area contributed by atoms with Crippen molar-refractivity contribution in [3.8, 4) is 0 Å². The van der Waals surface area contributed by atoms with E-state index in [-0.39, 0.29) is 0 Å². The summed E-state index contributed by atoms with van der Waals surface area (Å²) in [7, 11) is 0. The first-order valence-corrected chi connectivity index (χ1v) is 4.95. The van der Waals surface area contributed by atoms with Crippen molar-refractivity contribution in [3.05, 3.63) is 36.0 Å². The molecular formula is C12H20. The first kappa shape index (κ1) is 11.2. The Bertz CT molecular complexity index is 170. The Hall–Kier alpha value is -0.780. The van der Waals surface area contributed by atoms with Crippen molar-refractivity contribution >= 4 is 0 Å². The molecule has 0 nitrogen and oxygen atoms in total.